The summed E-state index contributed by atoms with van der Waals surface area (Å²) < 4.78 is 13.7. The third-order valence-corrected chi connectivity index (χ3v) is 4.30. The van der Waals surface area contributed by atoms with E-state index in [9.17, 15) is 14.3 Å². The summed E-state index contributed by atoms with van der Waals surface area (Å²) in [6.45, 7) is 1.43. The Morgan fingerprint density at radius 2 is 2.11 bits per heavy atom. The van der Waals surface area contributed by atoms with Crippen LogP contribution in [0.25, 0.3) is 0 Å². The molecular formula is C13H15BrFNO2. The maximum absolute atomic E-state index is 13.0. The van der Waals surface area contributed by atoms with Crippen molar-refractivity contribution < 1.29 is 14.3 Å². The number of benzene rings is 1. The van der Waals surface area contributed by atoms with Crippen LogP contribution in [0.5, 0.6) is 0 Å². The fourth-order valence-corrected chi connectivity index (χ4v) is 2.89. The number of nitrogens with one attached hydrogen (secondary N) is 1. The number of carboxylic acids is 1. The summed E-state index contributed by atoms with van der Waals surface area (Å²) in [4.78, 5) is 11.5. The van der Waals surface area contributed by atoms with Crippen molar-refractivity contribution in [1.82, 2.24) is 5.32 Å². The zero-order valence-electron chi connectivity index (χ0n) is 9.88. The van der Waals surface area contributed by atoms with Crippen molar-refractivity contribution in [3.8, 4) is 0 Å². The monoisotopic (exact) mass is 315 g/mol. The summed E-state index contributed by atoms with van der Waals surface area (Å²) >= 11 is 3.30. The van der Waals surface area contributed by atoms with Crippen LogP contribution in [0.2, 0.25) is 0 Å². The molecule has 0 atom stereocenters. The summed E-state index contributed by atoms with van der Waals surface area (Å²) in [5, 5.41) is 12.6. The molecule has 1 aliphatic heterocycles. The van der Waals surface area contributed by atoms with Crippen molar-refractivity contribution in [2.24, 2.45) is 5.41 Å². The molecule has 1 fully saturated rings. The van der Waals surface area contributed by atoms with Gasteiger partial charge in [-0.1, -0.05) is 22.0 Å². The lowest BCUT2D eigenvalue weighted by atomic mass is 9.74. The average Bonchev–Trinajstić information content (AvgIpc) is 2.34. The van der Waals surface area contributed by atoms with E-state index in [4.69, 9.17) is 0 Å². The molecule has 0 bridgehead atoms. The van der Waals surface area contributed by atoms with Gasteiger partial charge in [0.2, 0.25) is 0 Å². The molecule has 1 saturated heterocycles. The second-order valence-electron chi connectivity index (χ2n) is 4.75. The summed E-state index contributed by atoms with van der Waals surface area (Å²) in [6.07, 6.45) is 1.64. The topological polar surface area (TPSA) is 49.3 Å². The highest BCUT2D eigenvalue weighted by Crippen LogP contribution is 2.35. The van der Waals surface area contributed by atoms with Gasteiger partial charge in [-0.3, -0.25) is 4.79 Å². The molecule has 0 aliphatic carbocycles. The van der Waals surface area contributed by atoms with E-state index in [1.165, 1.54) is 12.1 Å². The largest absolute Gasteiger partial charge is 0.481 e. The Labute approximate surface area is 114 Å². The molecule has 1 aromatic carbocycles. The predicted octanol–water partition coefficient (Wildman–Crippen LogP) is 2.59. The van der Waals surface area contributed by atoms with Gasteiger partial charge in [-0.25, -0.2) is 4.39 Å². The van der Waals surface area contributed by atoms with Crippen molar-refractivity contribution in [2.75, 3.05) is 13.1 Å². The van der Waals surface area contributed by atoms with Gasteiger partial charge >= 0.3 is 5.97 Å². The number of hydrogen-bond acceptors (Lipinski definition) is 2. The molecule has 5 heteroatoms. The first-order chi connectivity index (χ1) is 8.53. The van der Waals surface area contributed by atoms with Crippen LogP contribution in [-0.4, -0.2) is 24.2 Å². The van der Waals surface area contributed by atoms with E-state index in [1.807, 2.05) is 0 Å². The number of rotatable bonds is 3. The molecule has 0 spiro atoms. The molecule has 98 valence electrons. The van der Waals surface area contributed by atoms with Crippen LogP contribution < -0.4 is 5.32 Å². The van der Waals surface area contributed by atoms with Crippen LogP contribution in [0.4, 0.5) is 4.39 Å². The van der Waals surface area contributed by atoms with Crippen molar-refractivity contribution in [1.29, 1.82) is 0 Å². The van der Waals surface area contributed by atoms with Gasteiger partial charge in [-0.15, -0.1) is 0 Å². The van der Waals surface area contributed by atoms with E-state index in [1.54, 1.807) is 6.07 Å². The van der Waals surface area contributed by atoms with Crippen LogP contribution in [0.3, 0.4) is 0 Å². The lowest BCUT2D eigenvalue weighted by Crippen LogP contribution is -2.43. The van der Waals surface area contributed by atoms with E-state index in [-0.39, 0.29) is 5.82 Å². The second-order valence-corrected chi connectivity index (χ2v) is 5.60. The summed E-state index contributed by atoms with van der Waals surface area (Å²) in [7, 11) is 0. The number of carbonyl (C=O) groups is 1. The van der Waals surface area contributed by atoms with Crippen LogP contribution in [-0.2, 0) is 11.2 Å². The lowest BCUT2D eigenvalue weighted by Gasteiger charge is -2.34. The normalized spacial score (nSPS) is 18.6. The van der Waals surface area contributed by atoms with Crippen molar-refractivity contribution >= 4 is 21.9 Å². The van der Waals surface area contributed by atoms with Crippen molar-refractivity contribution in [3.63, 3.8) is 0 Å². The first-order valence-corrected chi connectivity index (χ1v) is 6.71. The third-order valence-electron chi connectivity index (χ3n) is 3.56. The number of hydrogen-bond donors (Lipinski definition) is 2. The molecule has 2 N–H and O–H groups in total. The summed E-state index contributed by atoms with van der Waals surface area (Å²) in [5.74, 6) is -1.08. The Morgan fingerprint density at radius 3 is 2.67 bits per heavy atom. The molecule has 1 heterocycles. The highest BCUT2D eigenvalue weighted by Gasteiger charge is 2.39. The van der Waals surface area contributed by atoms with Crippen LogP contribution in [0, 0.1) is 11.2 Å². The molecule has 0 aromatic heterocycles. The molecule has 0 radical (unpaired) electrons. The minimum absolute atomic E-state index is 0.319. The zero-order chi connectivity index (χ0) is 13.2. The Bertz CT molecular complexity index is 458. The van der Waals surface area contributed by atoms with Crippen LogP contribution in [0.1, 0.15) is 18.4 Å². The van der Waals surface area contributed by atoms with Gasteiger partial charge in [0.15, 0.2) is 0 Å². The Kier molecular flexibility index (Phi) is 4.02. The molecule has 1 aromatic rings. The number of halogens is 2. The fourth-order valence-electron chi connectivity index (χ4n) is 2.40. The number of piperidine rings is 1. The van der Waals surface area contributed by atoms with Gasteiger partial charge in [0.1, 0.15) is 5.82 Å². The Hall–Kier alpha value is -0.940. The molecule has 0 unspecified atom stereocenters. The van der Waals surface area contributed by atoms with Gasteiger partial charge in [0.25, 0.3) is 0 Å². The first-order valence-electron chi connectivity index (χ1n) is 5.92. The summed E-state index contributed by atoms with van der Waals surface area (Å²) in [5.41, 5.74) is 0.117. The first kappa shape index (κ1) is 13.5. The molecule has 3 nitrogen and oxygen atoms in total. The Morgan fingerprint density at radius 1 is 1.44 bits per heavy atom. The van der Waals surface area contributed by atoms with Crippen molar-refractivity contribution in [3.05, 3.63) is 34.1 Å². The maximum atomic E-state index is 13.0. The average molecular weight is 316 g/mol. The van der Waals surface area contributed by atoms with Gasteiger partial charge in [0.05, 0.1) is 5.41 Å². The molecule has 0 saturated carbocycles. The summed E-state index contributed by atoms with van der Waals surface area (Å²) in [6, 6.07) is 4.41. The minimum Gasteiger partial charge on any atom is -0.481 e. The second kappa shape index (κ2) is 5.36. The molecular weight excluding hydrogens is 301 g/mol. The van der Waals surface area contributed by atoms with Gasteiger partial charge in [-0.05, 0) is 50.0 Å². The number of aliphatic carboxylic acids is 1. The maximum Gasteiger partial charge on any atom is 0.310 e. The van der Waals surface area contributed by atoms with E-state index < -0.39 is 11.4 Å². The SMILES string of the molecule is O=C(O)C1(Cc2ccc(F)cc2Br)CCNCC1. The van der Waals surface area contributed by atoms with E-state index >= 15 is 0 Å². The Balaban J connectivity index is 2.26. The third kappa shape index (κ3) is 2.72. The zero-order valence-corrected chi connectivity index (χ0v) is 11.5. The standard InChI is InChI=1S/C13H15BrFNO2/c14-11-7-10(15)2-1-9(11)8-13(12(17)18)3-5-16-6-4-13/h1-2,7,16H,3-6,8H2,(H,17,18). The van der Waals surface area contributed by atoms with Gasteiger partial charge in [0, 0.05) is 4.47 Å². The van der Waals surface area contributed by atoms with Gasteiger partial charge in [-0.2, -0.15) is 0 Å². The van der Waals surface area contributed by atoms with E-state index in [2.05, 4.69) is 21.2 Å². The fraction of sp³-hybridized carbons (Fsp3) is 0.462. The molecule has 2 rings (SSSR count). The molecule has 0 amide bonds. The highest BCUT2D eigenvalue weighted by atomic mass is 79.9. The predicted molar refractivity (Wildman–Crippen MR) is 70.0 cm³/mol. The van der Waals surface area contributed by atoms with Crippen LogP contribution in [0.15, 0.2) is 22.7 Å². The minimum atomic E-state index is -0.764. The highest BCUT2D eigenvalue weighted by molar-refractivity contribution is 9.10. The smallest absolute Gasteiger partial charge is 0.310 e. The molecule has 1 aliphatic rings. The van der Waals surface area contributed by atoms with E-state index in [0.29, 0.717) is 36.8 Å². The lowest BCUT2D eigenvalue weighted by molar-refractivity contribution is -0.150. The van der Waals surface area contributed by atoms with Crippen LogP contribution >= 0.6 is 15.9 Å². The number of carboxylic acid groups (broad SMARTS) is 1. The van der Waals surface area contributed by atoms with Gasteiger partial charge < -0.3 is 10.4 Å². The quantitative estimate of drug-likeness (QED) is 0.901. The van der Waals surface area contributed by atoms with Crippen molar-refractivity contribution in [2.45, 2.75) is 19.3 Å². The molecule has 18 heavy (non-hydrogen) atoms. The van der Waals surface area contributed by atoms with E-state index in [0.717, 1.165) is 5.56 Å².